The second kappa shape index (κ2) is 12.9. The van der Waals surface area contributed by atoms with Gasteiger partial charge in [-0.2, -0.15) is 13.2 Å². The number of carbonyl (C=O) groups excluding carboxylic acids is 1. The molecule has 1 aromatic carbocycles. The van der Waals surface area contributed by atoms with Crippen LogP contribution >= 0.6 is 0 Å². The number of likely N-dealkylation sites (tertiary alicyclic amines) is 2. The van der Waals surface area contributed by atoms with Crippen LogP contribution in [0.25, 0.3) is 0 Å². The number of halogens is 3. The number of amides is 1. The molecule has 0 bridgehead atoms. The van der Waals surface area contributed by atoms with Gasteiger partial charge in [-0.1, -0.05) is 12.1 Å². The predicted octanol–water partition coefficient (Wildman–Crippen LogP) is 4.47. The first-order valence-electron chi connectivity index (χ1n) is 16.0. The van der Waals surface area contributed by atoms with Crippen molar-refractivity contribution in [3.63, 3.8) is 0 Å². The fourth-order valence-corrected chi connectivity index (χ4v) is 8.56. The van der Waals surface area contributed by atoms with Gasteiger partial charge in [0, 0.05) is 56.6 Å². The predicted molar refractivity (Wildman–Crippen MR) is 162 cm³/mol. The van der Waals surface area contributed by atoms with Crippen molar-refractivity contribution in [3.8, 4) is 0 Å². The van der Waals surface area contributed by atoms with Crippen LogP contribution in [0.5, 0.6) is 0 Å². The number of aromatic nitrogens is 2. The summed E-state index contributed by atoms with van der Waals surface area (Å²) in [4.78, 5) is 26.8. The van der Waals surface area contributed by atoms with Crippen molar-refractivity contribution >= 4 is 15.9 Å². The van der Waals surface area contributed by atoms with E-state index < -0.39 is 21.8 Å². The molecular formula is C32H42F3N5O4S. The number of fused-ring (bicyclic) bond motifs is 1. The van der Waals surface area contributed by atoms with Gasteiger partial charge in [0.15, 0.2) is 0 Å². The van der Waals surface area contributed by atoms with E-state index in [2.05, 4.69) is 14.9 Å². The number of nitrogens with zero attached hydrogens (tertiary/aromatic N) is 5. The molecule has 1 amide bonds. The quantitative estimate of drug-likeness (QED) is 0.437. The number of alkyl halides is 3. The third-order valence-electron chi connectivity index (χ3n) is 10.3. The summed E-state index contributed by atoms with van der Waals surface area (Å²) in [6.45, 7) is 6.26. The highest BCUT2D eigenvalue weighted by atomic mass is 32.2. The summed E-state index contributed by atoms with van der Waals surface area (Å²) in [6, 6.07) is 5.64. The van der Waals surface area contributed by atoms with E-state index in [1.165, 1.54) is 24.7 Å². The molecule has 4 atom stereocenters. The smallest absolute Gasteiger partial charge is 0.370 e. The number of sulfonamides is 1. The third kappa shape index (κ3) is 7.21. The van der Waals surface area contributed by atoms with Crippen LogP contribution in [0, 0.1) is 18.8 Å². The summed E-state index contributed by atoms with van der Waals surface area (Å²) < 4.78 is 70.7. The van der Waals surface area contributed by atoms with E-state index >= 15 is 0 Å². The minimum absolute atomic E-state index is 0.0434. The fraction of sp³-hybridized carbons (Fsp3) is 0.656. The molecule has 9 nitrogen and oxygen atoms in total. The zero-order valence-corrected chi connectivity index (χ0v) is 26.7. The zero-order valence-electron chi connectivity index (χ0n) is 25.9. The molecule has 5 heterocycles. The molecule has 0 aliphatic carbocycles. The minimum atomic E-state index is -4.36. The van der Waals surface area contributed by atoms with E-state index in [4.69, 9.17) is 4.74 Å². The maximum atomic E-state index is 13.5. The molecule has 0 spiro atoms. The number of hydrogen-bond donors (Lipinski definition) is 0. The van der Waals surface area contributed by atoms with Crippen molar-refractivity contribution in [3.05, 3.63) is 58.7 Å². The van der Waals surface area contributed by atoms with Gasteiger partial charge < -0.3 is 9.64 Å². The Balaban J connectivity index is 0.998. The molecule has 0 saturated carbocycles. The topological polar surface area (TPSA) is 95.9 Å². The van der Waals surface area contributed by atoms with Crippen molar-refractivity contribution in [2.75, 3.05) is 45.5 Å². The van der Waals surface area contributed by atoms with Gasteiger partial charge in [-0.3, -0.25) is 9.69 Å². The normalized spacial score (nSPS) is 27.2. The Labute approximate surface area is 263 Å². The standard InChI is InChI=1S/C32H42F3N5O4S/c1-21-28(11-10-27-4-3-5-29(44-27)22-6-8-25(9-7-22)32(33,34)35)36-20-37-30(21)31(41)38-14-12-26(13-15-38)39-16-23-18-40(45(2,42)43)19-24(23)17-39/h6-9,20,23-24,26-27,29H,3-5,10-19H2,1-2H3/t23?,24?,27-,29+/m1/s1. The molecule has 6 rings (SSSR count). The second-order valence-corrected chi connectivity index (χ2v) is 15.2. The Morgan fingerprint density at radius 2 is 1.64 bits per heavy atom. The third-order valence-corrected chi connectivity index (χ3v) is 11.5. The van der Waals surface area contributed by atoms with Gasteiger partial charge in [0.25, 0.3) is 5.91 Å². The van der Waals surface area contributed by atoms with Crippen molar-refractivity contribution in [2.45, 2.75) is 76.3 Å². The Bertz CT molecular complexity index is 1470. The van der Waals surface area contributed by atoms with Gasteiger partial charge >= 0.3 is 6.18 Å². The average molecular weight is 650 g/mol. The first-order valence-corrected chi connectivity index (χ1v) is 17.8. The number of rotatable bonds is 7. The maximum Gasteiger partial charge on any atom is 0.416 e. The van der Waals surface area contributed by atoms with Gasteiger partial charge in [-0.15, -0.1) is 0 Å². The monoisotopic (exact) mass is 649 g/mol. The van der Waals surface area contributed by atoms with E-state index in [0.717, 1.165) is 74.1 Å². The molecular weight excluding hydrogens is 607 g/mol. The van der Waals surface area contributed by atoms with E-state index in [1.54, 1.807) is 4.31 Å². The highest BCUT2D eigenvalue weighted by Crippen LogP contribution is 2.37. The fourth-order valence-electron chi connectivity index (χ4n) is 7.63. The SMILES string of the molecule is Cc1c(CC[C@H]2CCC[C@@H](c3ccc(C(F)(F)F)cc3)O2)ncnc1C(=O)N1CCC(N2CC3CN(S(C)(=O)=O)CC3C2)CC1. The first kappa shape index (κ1) is 32.3. The van der Waals surface area contributed by atoms with Crippen molar-refractivity contribution < 1.29 is 31.1 Å². The first-order chi connectivity index (χ1) is 21.4. The second-order valence-electron chi connectivity index (χ2n) is 13.2. The lowest BCUT2D eigenvalue weighted by atomic mass is 9.95. The number of carbonyl (C=O) groups is 1. The molecule has 4 saturated heterocycles. The molecule has 45 heavy (non-hydrogen) atoms. The molecule has 246 valence electrons. The number of benzene rings is 1. The van der Waals surface area contributed by atoms with E-state index in [9.17, 15) is 26.4 Å². The highest BCUT2D eigenvalue weighted by molar-refractivity contribution is 7.88. The van der Waals surface area contributed by atoms with E-state index in [0.29, 0.717) is 62.6 Å². The molecule has 4 fully saturated rings. The lowest BCUT2D eigenvalue weighted by molar-refractivity contribution is -0.137. The van der Waals surface area contributed by atoms with Crippen molar-refractivity contribution in [1.29, 1.82) is 0 Å². The largest absolute Gasteiger partial charge is 0.416 e. The van der Waals surface area contributed by atoms with Gasteiger partial charge in [0.2, 0.25) is 10.0 Å². The lowest BCUT2D eigenvalue weighted by Crippen LogP contribution is -2.47. The minimum Gasteiger partial charge on any atom is -0.370 e. The Hall–Kier alpha value is -2.61. The molecule has 0 N–H and O–H groups in total. The van der Waals surface area contributed by atoms with Crippen LogP contribution in [0.4, 0.5) is 13.2 Å². The average Bonchev–Trinajstić information content (AvgIpc) is 3.61. The van der Waals surface area contributed by atoms with Gasteiger partial charge in [0.05, 0.1) is 24.0 Å². The molecule has 1 aromatic heterocycles. The molecule has 4 aliphatic heterocycles. The van der Waals surface area contributed by atoms with Crippen molar-refractivity contribution in [2.24, 2.45) is 11.8 Å². The number of aryl methyl sites for hydroxylation is 1. The molecule has 0 radical (unpaired) electrons. The van der Waals surface area contributed by atoms with Gasteiger partial charge in [0.1, 0.15) is 12.0 Å². The van der Waals surface area contributed by atoms with Crippen LogP contribution in [0.15, 0.2) is 30.6 Å². The number of hydrogen-bond acceptors (Lipinski definition) is 7. The number of ether oxygens (including phenoxy) is 1. The van der Waals surface area contributed by atoms with Crippen LogP contribution < -0.4 is 0 Å². The molecule has 2 unspecified atom stereocenters. The van der Waals surface area contributed by atoms with Crippen LogP contribution in [-0.2, 0) is 27.4 Å². The lowest BCUT2D eigenvalue weighted by Gasteiger charge is -2.37. The summed E-state index contributed by atoms with van der Waals surface area (Å²) in [7, 11) is -3.14. The Kier molecular flexibility index (Phi) is 9.26. The summed E-state index contributed by atoms with van der Waals surface area (Å²) >= 11 is 0. The molecule has 2 aromatic rings. The van der Waals surface area contributed by atoms with Crippen LogP contribution in [0.1, 0.15) is 77.5 Å². The summed E-state index contributed by atoms with van der Waals surface area (Å²) in [6.07, 6.45) is 3.77. The maximum absolute atomic E-state index is 13.5. The Morgan fingerprint density at radius 1 is 0.978 bits per heavy atom. The van der Waals surface area contributed by atoms with E-state index in [1.807, 2.05) is 11.8 Å². The zero-order chi connectivity index (χ0) is 31.9. The van der Waals surface area contributed by atoms with Crippen molar-refractivity contribution in [1.82, 2.24) is 24.1 Å². The summed E-state index contributed by atoms with van der Waals surface area (Å²) in [5.74, 6) is 0.695. The van der Waals surface area contributed by atoms with Crippen LogP contribution in [0.2, 0.25) is 0 Å². The Morgan fingerprint density at radius 3 is 2.27 bits per heavy atom. The van der Waals surface area contributed by atoms with E-state index in [-0.39, 0.29) is 18.1 Å². The van der Waals surface area contributed by atoms with Crippen LogP contribution in [-0.4, -0.2) is 96.1 Å². The highest BCUT2D eigenvalue weighted by Gasteiger charge is 2.45. The molecule has 13 heteroatoms. The van der Waals surface area contributed by atoms with Gasteiger partial charge in [-0.25, -0.2) is 22.7 Å². The van der Waals surface area contributed by atoms with Crippen LogP contribution in [0.3, 0.4) is 0 Å². The summed E-state index contributed by atoms with van der Waals surface area (Å²) in [5.41, 5.74) is 2.12. The summed E-state index contributed by atoms with van der Waals surface area (Å²) in [5, 5.41) is 0. The van der Waals surface area contributed by atoms with Gasteiger partial charge in [-0.05, 0) is 81.4 Å². The number of piperidine rings is 1. The molecule has 4 aliphatic rings.